The van der Waals surface area contributed by atoms with Crippen molar-refractivity contribution in [2.24, 2.45) is 0 Å². The van der Waals surface area contributed by atoms with Crippen molar-refractivity contribution in [3.63, 3.8) is 0 Å². The summed E-state index contributed by atoms with van der Waals surface area (Å²) in [6.45, 7) is 2.73. The normalized spacial score (nSPS) is 15.1. The van der Waals surface area contributed by atoms with Crippen LogP contribution in [0.1, 0.15) is 28.4 Å². The number of hydrogen-bond acceptors (Lipinski definition) is 5. The molecule has 2 aromatic carbocycles. The predicted octanol–water partition coefficient (Wildman–Crippen LogP) is 3.73. The van der Waals surface area contributed by atoms with Crippen LogP contribution in [0.15, 0.2) is 60.9 Å². The Labute approximate surface area is 170 Å². The number of nitrogens with zero attached hydrogens (tertiary/aromatic N) is 3. The Kier molecular flexibility index (Phi) is 5.42. The minimum atomic E-state index is -0.0666. The SMILES string of the molecule is COc1ccccc1CCNc1ncc(C(=O)N2c3ccccc3CC2C)cn1. The molecule has 1 aromatic heterocycles. The zero-order chi connectivity index (χ0) is 20.2. The van der Waals surface area contributed by atoms with Gasteiger partial charge in [-0.25, -0.2) is 9.97 Å². The smallest absolute Gasteiger partial charge is 0.261 e. The van der Waals surface area contributed by atoms with E-state index in [2.05, 4.69) is 28.3 Å². The molecule has 4 rings (SSSR count). The van der Waals surface area contributed by atoms with Gasteiger partial charge in [0, 0.05) is 30.7 Å². The third kappa shape index (κ3) is 3.92. The molecule has 6 heteroatoms. The van der Waals surface area contributed by atoms with Crippen molar-refractivity contribution in [1.29, 1.82) is 0 Å². The maximum atomic E-state index is 13.0. The van der Waals surface area contributed by atoms with E-state index < -0.39 is 0 Å². The molecular formula is C23H24N4O2. The summed E-state index contributed by atoms with van der Waals surface area (Å²) in [7, 11) is 1.67. The molecule has 0 bridgehead atoms. The summed E-state index contributed by atoms with van der Waals surface area (Å²) in [6, 6.07) is 16.1. The van der Waals surface area contributed by atoms with Crippen LogP contribution < -0.4 is 15.0 Å². The fourth-order valence-corrected chi connectivity index (χ4v) is 3.76. The summed E-state index contributed by atoms with van der Waals surface area (Å²) < 4.78 is 5.37. The lowest BCUT2D eigenvalue weighted by atomic mass is 10.1. The number of carbonyl (C=O) groups excluding carboxylic acids is 1. The third-order valence-electron chi connectivity index (χ3n) is 5.19. The van der Waals surface area contributed by atoms with E-state index in [9.17, 15) is 4.79 Å². The Morgan fingerprint density at radius 2 is 1.86 bits per heavy atom. The first-order chi connectivity index (χ1) is 14.2. The van der Waals surface area contributed by atoms with Gasteiger partial charge in [-0.1, -0.05) is 36.4 Å². The number of anilines is 2. The fourth-order valence-electron chi connectivity index (χ4n) is 3.76. The van der Waals surface area contributed by atoms with Crippen molar-refractivity contribution >= 4 is 17.5 Å². The van der Waals surface area contributed by atoms with Gasteiger partial charge in [0.1, 0.15) is 5.75 Å². The monoisotopic (exact) mass is 388 g/mol. The van der Waals surface area contributed by atoms with Crippen molar-refractivity contribution in [3.8, 4) is 5.75 Å². The number of benzene rings is 2. The Bertz CT molecular complexity index is 1000. The van der Waals surface area contributed by atoms with Crippen molar-refractivity contribution in [2.45, 2.75) is 25.8 Å². The van der Waals surface area contributed by atoms with Gasteiger partial charge in [0.15, 0.2) is 0 Å². The lowest BCUT2D eigenvalue weighted by molar-refractivity contribution is 0.0981. The molecule has 3 aromatic rings. The molecule has 148 valence electrons. The molecule has 29 heavy (non-hydrogen) atoms. The van der Waals surface area contributed by atoms with Crippen molar-refractivity contribution in [2.75, 3.05) is 23.9 Å². The zero-order valence-corrected chi connectivity index (χ0v) is 16.6. The predicted molar refractivity (Wildman–Crippen MR) is 114 cm³/mol. The highest BCUT2D eigenvalue weighted by atomic mass is 16.5. The van der Waals surface area contributed by atoms with Gasteiger partial charge < -0.3 is 15.0 Å². The van der Waals surface area contributed by atoms with E-state index in [1.165, 1.54) is 5.56 Å². The maximum Gasteiger partial charge on any atom is 0.261 e. The van der Waals surface area contributed by atoms with Crippen LogP contribution in [0.25, 0.3) is 0 Å². The summed E-state index contributed by atoms with van der Waals surface area (Å²) in [6.07, 6.45) is 4.84. The summed E-state index contributed by atoms with van der Waals surface area (Å²) in [5, 5.41) is 3.20. The third-order valence-corrected chi connectivity index (χ3v) is 5.19. The zero-order valence-electron chi connectivity index (χ0n) is 16.6. The second-order valence-electron chi connectivity index (χ2n) is 7.14. The van der Waals surface area contributed by atoms with E-state index in [1.807, 2.05) is 47.4 Å². The van der Waals surface area contributed by atoms with E-state index in [0.717, 1.165) is 29.8 Å². The number of amides is 1. The Morgan fingerprint density at radius 3 is 2.66 bits per heavy atom. The highest BCUT2D eigenvalue weighted by Crippen LogP contribution is 2.32. The number of aromatic nitrogens is 2. The largest absolute Gasteiger partial charge is 0.496 e. The molecule has 1 unspecified atom stereocenters. The minimum absolute atomic E-state index is 0.0666. The number of rotatable bonds is 6. The number of fused-ring (bicyclic) bond motifs is 1. The second kappa shape index (κ2) is 8.31. The van der Waals surface area contributed by atoms with Crippen LogP contribution in [0, 0.1) is 0 Å². The lowest BCUT2D eigenvalue weighted by Gasteiger charge is -2.22. The van der Waals surface area contributed by atoms with Crippen molar-refractivity contribution in [1.82, 2.24) is 9.97 Å². The van der Waals surface area contributed by atoms with Crippen molar-refractivity contribution < 1.29 is 9.53 Å². The first kappa shape index (κ1) is 18.9. The number of ether oxygens (including phenoxy) is 1. The molecule has 0 fully saturated rings. The van der Waals surface area contributed by atoms with Crippen LogP contribution in [0.5, 0.6) is 5.75 Å². The van der Waals surface area contributed by atoms with E-state index >= 15 is 0 Å². The molecule has 1 aliphatic rings. The molecule has 1 amide bonds. The summed E-state index contributed by atoms with van der Waals surface area (Å²) >= 11 is 0. The molecule has 0 aliphatic carbocycles. The van der Waals surface area contributed by atoms with Crippen molar-refractivity contribution in [3.05, 3.63) is 77.6 Å². The topological polar surface area (TPSA) is 67.3 Å². The highest BCUT2D eigenvalue weighted by molar-refractivity contribution is 6.07. The summed E-state index contributed by atoms with van der Waals surface area (Å²) in [4.78, 5) is 23.5. The van der Waals surface area contributed by atoms with E-state index in [0.29, 0.717) is 18.1 Å². The fraction of sp³-hybridized carbons (Fsp3) is 0.261. The molecule has 0 radical (unpaired) electrons. The van der Waals surface area contributed by atoms with Gasteiger partial charge in [-0.3, -0.25) is 4.79 Å². The Hall–Kier alpha value is -3.41. The second-order valence-corrected chi connectivity index (χ2v) is 7.14. The van der Waals surface area contributed by atoms with Gasteiger partial charge in [-0.15, -0.1) is 0 Å². The molecule has 0 saturated carbocycles. The van der Waals surface area contributed by atoms with Gasteiger partial charge in [0.05, 0.1) is 12.7 Å². The van der Waals surface area contributed by atoms with E-state index in [-0.39, 0.29) is 11.9 Å². The van der Waals surface area contributed by atoms with Gasteiger partial charge in [-0.2, -0.15) is 0 Å². The average molecular weight is 388 g/mol. The first-order valence-corrected chi connectivity index (χ1v) is 9.76. The van der Waals surface area contributed by atoms with Crippen LogP contribution in [0.4, 0.5) is 11.6 Å². The van der Waals surface area contributed by atoms with E-state index in [1.54, 1.807) is 19.5 Å². The molecule has 0 saturated heterocycles. The molecule has 2 heterocycles. The van der Waals surface area contributed by atoms with Gasteiger partial charge in [0.25, 0.3) is 5.91 Å². The number of para-hydroxylation sites is 2. The number of hydrogen-bond donors (Lipinski definition) is 1. The summed E-state index contributed by atoms with van der Waals surface area (Å²) in [5.41, 5.74) is 3.78. The van der Waals surface area contributed by atoms with Crippen LogP contribution in [-0.2, 0) is 12.8 Å². The molecule has 6 nitrogen and oxygen atoms in total. The van der Waals surface area contributed by atoms with Crippen LogP contribution in [0.3, 0.4) is 0 Å². The maximum absolute atomic E-state index is 13.0. The molecular weight excluding hydrogens is 364 g/mol. The van der Waals surface area contributed by atoms with Crippen LogP contribution in [-0.4, -0.2) is 35.6 Å². The number of carbonyl (C=O) groups is 1. The summed E-state index contributed by atoms with van der Waals surface area (Å²) in [5.74, 6) is 1.31. The quantitative estimate of drug-likeness (QED) is 0.697. The highest BCUT2D eigenvalue weighted by Gasteiger charge is 2.31. The van der Waals surface area contributed by atoms with Gasteiger partial charge in [0.2, 0.25) is 5.95 Å². The molecule has 0 spiro atoms. The first-order valence-electron chi connectivity index (χ1n) is 9.76. The molecule has 1 atom stereocenters. The average Bonchev–Trinajstić information content (AvgIpc) is 3.09. The van der Waals surface area contributed by atoms with Crippen LogP contribution >= 0.6 is 0 Å². The van der Waals surface area contributed by atoms with Gasteiger partial charge in [-0.05, 0) is 43.0 Å². The Morgan fingerprint density at radius 1 is 1.14 bits per heavy atom. The molecule has 1 N–H and O–H groups in total. The van der Waals surface area contributed by atoms with Gasteiger partial charge >= 0.3 is 0 Å². The van der Waals surface area contributed by atoms with E-state index in [4.69, 9.17) is 4.74 Å². The lowest BCUT2D eigenvalue weighted by Crippen LogP contribution is -2.35. The number of methoxy groups -OCH3 is 1. The standard InChI is InChI=1S/C23H24N4O2/c1-16-13-18-8-3-5-9-20(18)27(16)22(28)19-14-25-23(26-15-19)24-12-11-17-7-4-6-10-21(17)29-2/h3-10,14-16H,11-13H2,1-2H3,(H,24,25,26). The molecule has 1 aliphatic heterocycles. The Balaban J connectivity index is 1.40. The number of nitrogens with one attached hydrogen (secondary N) is 1. The minimum Gasteiger partial charge on any atom is -0.496 e. The van der Waals surface area contributed by atoms with Crippen LogP contribution in [0.2, 0.25) is 0 Å².